The van der Waals surface area contributed by atoms with Crippen molar-refractivity contribution in [3.8, 4) is 0 Å². The Balaban J connectivity index is 1.75. The molecule has 0 unspecified atom stereocenters. The van der Waals surface area contributed by atoms with Crippen molar-refractivity contribution in [3.63, 3.8) is 0 Å². The van der Waals surface area contributed by atoms with Gasteiger partial charge in [0.05, 0.1) is 0 Å². The maximum atomic E-state index is 3.39. The van der Waals surface area contributed by atoms with Crippen LogP contribution in [0.1, 0.15) is 0 Å². The monoisotopic (exact) mass is 222 g/mol. The van der Waals surface area contributed by atoms with Gasteiger partial charge in [-0.25, -0.2) is 0 Å². The Morgan fingerprint density at radius 2 is 1.06 bits per heavy atom. The molecule has 2 aromatic carbocycles. The summed E-state index contributed by atoms with van der Waals surface area (Å²) < 4.78 is 0. The highest BCUT2D eigenvalue weighted by atomic mass is 15.4. The Morgan fingerprint density at radius 1 is 0.647 bits per heavy atom. The molecule has 1 aliphatic rings. The van der Waals surface area contributed by atoms with Gasteiger partial charge in [0.2, 0.25) is 6.67 Å². The van der Waals surface area contributed by atoms with Crippen molar-refractivity contribution in [2.24, 2.45) is 0 Å². The number of hydrogen-bond acceptors (Lipinski definition) is 2. The van der Waals surface area contributed by atoms with E-state index in [4.69, 9.17) is 0 Å². The second kappa shape index (κ2) is 4.50. The van der Waals surface area contributed by atoms with Crippen LogP contribution in [0, 0.1) is 6.67 Å². The molecular formula is C15H14N2. The zero-order chi connectivity index (χ0) is 11.5. The zero-order valence-electron chi connectivity index (χ0n) is 9.58. The summed E-state index contributed by atoms with van der Waals surface area (Å²) in [5.41, 5.74) is 2.40. The minimum atomic E-state index is 0.985. The van der Waals surface area contributed by atoms with Gasteiger partial charge in [-0.2, -0.15) is 0 Å². The van der Waals surface area contributed by atoms with E-state index in [2.05, 4.69) is 65.0 Å². The fourth-order valence-electron chi connectivity index (χ4n) is 2.04. The molecule has 17 heavy (non-hydrogen) atoms. The summed E-state index contributed by atoms with van der Waals surface area (Å²) >= 11 is 0. The fourth-order valence-corrected chi connectivity index (χ4v) is 2.04. The van der Waals surface area contributed by atoms with Crippen molar-refractivity contribution in [2.75, 3.05) is 22.9 Å². The van der Waals surface area contributed by atoms with Gasteiger partial charge < -0.3 is 9.80 Å². The number of nitrogens with zero attached hydrogens (tertiary/aromatic N) is 2. The Kier molecular flexibility index (Phi) is 2.70. The third-order valence-electron chi connectivity index (χ3n) is 2.92. The summed E-state index contributed by atoms with van der Waals surface area (Å²) in [4.78, 5) is 4.32. The zero-order valence-corrected chi connectivity index (χ0v) is 9.58. The van der Waals surface area contributed by atoms with Gasteiger partial charge in [0.1, 0.15) is 0 Å². The molecule has 0 bridgehead atoms. The van der Waals surface area contributed by atoms with E-state index in [0.717, 1.165) is 13.1 Å². The fraction of sp³-hybridized carbons (Fsp3) is 0.133. The SMILES string of the molecule is [C]1N(c2ccccc2)CCN1c1ccccc1. The van der Waals surface area contributed by atoms with Crippen molar-refractivity contribution in [2.45, 2.75) is 0 Å². The lowest BCUT2D eigenvalue weighted by Gasteiger charge is -2.18. The quantitative estimate of drug-likeness (QED) is 0.770. The molecule has 1 heterocycles. The van der Waals surface area contributed by atoms with E-state index in [1.807, 2.05) is 12.1 Å². The molecule has 1 saturated heterocycles. The molecular weight excluding hydrogens is 208 g/mol. The summed E-state index contributed by atoms with van der Waals surface area (Å²) in [7, 11) is 0. The van der Waals surface area contributed by atoms with Gasteiger partial charge in [-0.15, -0.1) is 0 Å². The number of rotatable bonds is 2. The van der Waals surface area contributed by atoms with E-state index < -0.39 is 0 Å². The molecule has 2 aromatic rings. The van der Waals surface area contributed by atoms with Crippen LogP contribution in [-0.4, -0.2) is 13.1 Å². The van der Waals surface area contributed by atoms with E-state index in [-0.39, 0.29) is 0 Å². The van der Waals surface area contributed by atoms with E-state index in [1.165, 1.54) is 11.4 Å². The van der Waals surface area contributed by atoms with E-state index in [0.29, 0.717) is 0 Å². The molecule has 0 aliphatic carbocycles. The van der Waals surface area contributed by atoms with Gasteiger partial charge in [0.15, 0.2) is 0 Å². The molecule has 0 amide bonds. The minimum Gasteiger partial charge on any atom is -0.339 e. The van der Waals surface area contributed by atoms with Crippen LogP contribution < -0.4 is 9.80 Å². The average molecular weight is 222 g/mol. The Labute approximate surface area is 102 Å². The number of anilines is 2. The van der Waals surface area contributed by atoms with Crippen molar-refractivity contribution in [1.82, 2.24) is 0 Å². The number of benzene rings is 2. The lowest BCUT2D eigenvalue weighted by atomic mass is 10.3. The van der Waals surface area contributed by atoms with Crippen molar-refractivity contribution in [3.05, 3.63) is 67.3 Å². The lowest BCUT2D eigenvalue weighted by Crippen LogP contribution is -2.18. The number of para-hydroxylation sites is 2. The molecule has 0 atom stereocenters. The highest BCUT2D eigenvalue weighted by Gasteiger charge is 2.22. The molecule has 3 rings (SSSR count). The molecule has 0 spiro atoms. The average Bonchev–Trinajstić information content (AvgIpc) is 2.90. The van der Waals surface area contributed by atoms with Crippen molar-refractivity contribution >= 4 is 11.4 Å². The molecule has 2 radical (unpaired) electrons. The van der Waals surface area contributed by atoms with E-state index in [9.17, 15) is 0 Å². The summed E-state index contributed by atoms with van der Waals surface area (Å²) in [5, 5.41) is 0. The Morgan fingerprint density at radius 3 is 1.47 bits per heavy atom. The molecule has 1 fully saturated rings. The summed E-state index contributed by atoms with van der Waals surface area (Å²) in [6.07, 6.45) is 0. The van der Waals surface area contributed by atoms with Gasteiger partial charge in [-0.05, 0) is 24.3 Å². The Bertz CT molecular complexity index is 421. The molecule has 2 heteroatoms. The van der Waals surface area contributed by atoms with E-state index >= 15 is 0 Å². The Hall–Kier alpha value is -1.96. The molecule has 0 aromatic heterocycles. The van der Waals surface area contributed by atoms with Crippen molar-refractivity contribution < 1.29 is 0 Å². The summed E-state index contributed by atoms with van der Waals surface area (Å²) in [5.74, 6) is 0. The van der Waals surface area contributed by atoms with Gasteiger partial charge >= 0.3 is 0 Å². The van der Waals surface area contributed by atoms with E-state index in [1.54, 1.807) is 0 Å². The van der Waals surface area contributed by atoms with Gasteiger partial charge in [0, 0.05) is 24.5 Å². The van der Waals surface area contributed by atoms with Crippen LogP contribution in [0.25, 0.3) is 0 Å². The van der Waals surface area contributed by atoms with Gasteiger partial charge in [-0.1, -0.05) is 36.4 Å². The van der Waals surface area contributed by atoms with Crippen LogP contribution >= 0.6 is 0 Å². The summed E-state index contributed by atoms with van der Waals surface area (Å²) in [6, 6.07) is 20.8. The van der Waals surface area contributed by atoms with Crippen LogP contribution in [0.3, 0.4) is 0 Å². The van der Waals surface area contributed by atoms with Crippen LogP contribution in [0.2, 0.25) is 0 Å². The van der Waals surface area contributed by atoms with Crippen LogP contribution in [-0.2, 0) is 0 Å². The third kappa shape index (κ3) is 2.11. The van der Waals surface area contributed by atoms with Crippen molar-refractivity contribution in [1.29, 1.82) is 0 Å². The number of hydrogen-bond donors (Lipinski definition) is 0. The van der Waals surface area contributed by atoms with Gasteiger partial charge in [-0.3, -0.25) is 0 Å². The minimum absolute atomic E-state index is 0.985. The first-order valence-corrected chi connectivity index (χ1v) is 5.85. The maximum absolute atomic E-state index is 3.39. The third-order valence-corrected chi connectivity index (χ3v) is 2.92. The highest BCUT2D eigenvalue weighted by Crippen LogP contribution is 2.25. The smallest absolute Gasteiger partial charge is 0.208 e. The first kappa shape index (κ1) is 10.2. The molecule has 1 aliphatic heterocycles. The maximum Gasteiger partial charge on any atom is 0.208 e. The topological polar surface area (TPSA) is 6.48 Å². The van der Waals surface area contributed by atoms with Gasteiger partial charge in [0.25, 0.3) is 0 Å². The second-order valence-electron chi connectivity index (χ2n) is 4.07. The first-order valence-electron chi connectivity index (χ1n) is 5.85. The second-order valence-corrected chi connectivity index (χ2v) is 4.07. The van der Waals surface area contributed by atoms with Crippen LogP contribution in [0.15, 0.2) is 60.7 Å². The predicted molar refractivity (Wildman–Crippen MR) is 70.8 cm³/mol. The molecule has 0 N–H and O–H groups in total. The predicted octanol–water partition coefficient (Wildman–Crippen LogP) is 3.01. The molecule has 0 saturated carbocycles. The standard InChI is InChI=1S/C15H14N2/c1-3-7-14(8-4-1)16-11-12-17(13-16)15-9-5-2-6-10-15/h1-10H,11-12H2. The molecule has 84 valence electrons. The lowest BCUT2D eigenvalue weighted by molar-refractivity contribution is 1.02. The van der Waals surface area contributed by atoms with Crippen LogP contribution in [0.4, 0.5) is 11.4 Å². The largest absolute Gasteiger partial charge is 0.339 e. The summed E-state index contributed by atoms with van der Waals surface area (Å²) in [6.45, 7) is 5.36. The molecule has 2 nitrogen and oxygen atoms in total. The highest BCUT2D eigenvalue weighted by molar-refractivity contribution is 5.57. The normalized spacial score (nSPS) is 15.3. The first-order chi connectivity index (χ1) is 8.43. The van der Waals surface area contributed by atoms with Crippen LogP contribution in [0.5, 0.6) is 0 Å².